The van der Waals surface area contributed by atoms with Gasteiger partial charge in [0.25, 0.3) is 0 Å². The number of methoxy groups -OCH3 is 1. The fourth-order valence-corrected chi connectivity index (χ4v) is 2.65. The first-order chi connectivity index (χ1) is 7.98. The monoisotopic (exact) mass is 241 g/mol. The highest BCUT2D eigenvalue weighted by atomic mass is 16.5. The molecule has 1 aliphatic rings. The van der Waals surface area contributed by atoms with Gasteiger partial charge in [0, 0.05) is 6.42 Å². The molecule has 96 valence electrons. The van der Waals surface area contributed by atoms with Gasteiger partial charge in [-0.1, -0.05) is 6.92 Å². The van der Waals surface area contributed by atoms with Crippen molar-refractivity contribution in [3.63, 3.8) is 0 Å². The van der Waals surface area contributed by atoms with Crippen LogP contribution in [0.15, 0.2) is 0 Å². The summed E-state index contributed by atoms with van der Waals surface area (Å²) in [6.45, 7) is 3.27. The second-order valence-corrected chi connectivity index (χ2v) is 4.40. The van der Waals surface area contributed by atoms with Crippen LogP contribution in [0.1, 0.15) is 39.5 Å². The Labute approximate surface area is 101 Å². The number of hydrogen-bond donors (Lipinski definition) is 1. The van der Waals surface area contributed by atoms with Crippen molar-refractivity contribution in [1.82, 2.24) is 5.32 Å². The summed E-state index contributed by atoms with van der Waals surface area (Å²) < 4.78 is 4.53. The van der Waals surface area contributed by atoms with E-state index in [1.54, 1.807) is 0 Å². The Hall–Kier alpha value is -1.39. The smallest absolute Gasteiger partial charge is 0.407 e. The molecule has 1 amide bonds. The van der Waals surface area contributed by atoms with E-state index in [1.165, 1.54) is 14.0 Å². The molecule has 0 saturated heterocycles. The van der Waals surface area contributed by atoms with E-state index in [9.17, 15) is 14.4 Å². The van der Waals surface area contributed by atoms with Crippen LogP contribution in [-0.2, 0) is 14.3 Å². The topological polar surface area (TPSA) is 72.5 Å². The summed E-state index contributed by atoms with van der Waals surface area (Å²) >= 11 is 0. The highest BCUT2D eigenvalue weighted by molar-refractivity contribution is 6.08. The number of nitrogens with one attached hydrogen (secondary N) is 1. The SMILES string of the molecule is CC[C@H](NC(=O)OC)[C@]1(C(C)=O)CCCC1=O. The quantitative estimate of drug-likeness (QED) is 0.756. The second-order valence-electron chi connectivity index (χ2n) is 4.40. The molecule has 2 atom stereocenters. The minimum absolute atomic E-state index is 0.0618. The van der Waals surface area contributed by atoms with Crippen LogP contribution in [0.25, 0.3) is 0 Å². The number of ketones is 2. The summed E-state index contributed by atoms with van der Waals surface area (Å²) in [4.78, 5) is 35.1. The number of hydrogen-bond acceptors (Lipinski definition) is 4. The van der Waals surface area contributed by atoms with Gasteiger partial charge in [0.05, 0.1) is 13.2 Å². The Bertz CT molecular complexity index is 339. The summed E-state index contributed by atoms with van der Waals surface area (Å²) in [7, 11) is 1.26. The van der Waals surface area contributed by atoms with Crippen molar-refractivity contribution in [2.75, 3.05) is 7.11 Å². The lowest BCUT2D eigenvalue weighted by Gasteiger charge is -2.33. The van der Waals surface area contributed by atoms with E-state index in [0.29, 0.717) is 25.7 Å². The van der Waals surface area contributed by atoms with Gasteiger partial charge in [-0.15, -0.1) is 0 Å². The largest absolute Gasteiger partial charge is 0.453 e. The number of Topliss-reactive ketones (excluding diaryl/α,β-unsaturated/α-hetero) is 2. The van der Waals surface area contributed by atoms with Gasteiger partial charge in [0.15, 0.2) is 0 Å². The van der Waals surface area contributed by atoms with Gasteiger partial charge >= 0.3 is 6.09 Å². The number of carbonyl (C=O) groups excluding carboxylic acids is 3. The molecular formula is C12H19NO4. The molecule has 0 unspecified atom stereocenters. The van der Waals surface area contributed by atoms with Crippen LogP contribution in [0.4, 0.5) is 4.79 Å². The Morgan fingerprint density at radius 3 is 2.53 bits per heavy atom. The van der Waals surface area contributed by atoms with Crippen molar-refractivity contribution >= 4 is 17.7 Å². The molecule has 5 nitrogen and oxygen atoms in total. The van der Waals surface area contributed by atoms with Gasteiger partial charge in [-0.2, -0.15) is 0 Å². The van der Waals surface area contributed by atoms with Gasteiger partial charge in [-0.3, -0.25) is 9.59 Å². The number of amides is 1. The first kappa shape index (κ1) is 13.7. The van der Waals surface area contributed by atoms with E-state index in [2.05, 4.69) is 10.1 Å². The van der Waals surface area contributed by atoms with Crippen molar-refractivity contribution < 1.29 is 19.1 Å². The molecule has 5 heteroatoms. The molecule has 0 spiro atoms. The predicted molar refractivity (Wildman–Crippen MR) is 61.6 cm³/mol. The molecule has 1 fully saturated rings. The third kappa shape index (κ3) is 2.33. The molecule has 0 aliphatic heterocycles. The number of carbonyl (C=O) groups is 3. The lowest BCUT2D eigenvalue weighted by molar-refractivity contribution is -0.139. The Kier molecular flexibility index (Phi) is 4.26. The molecule has 1 N–H and O–H groups in total. The minimum Gasteiger partial charge on any atom is -0.453 e. The van der Waals surface area contributed by atoms with Crippen LogP contribution in [-0.4, -0.2) is 30.8 Å². The van der Waals surface area contributed by atoms with Gasteiger partial charge in [-0.05, 0) is 26.2 Å². The zero-order valence-corrected chi connectivity index (χ0v) is 10.5. The van der Waals surface area contributed by atoms with E-state index < -0.39 is 17.6 Å². The van der Waals surface area contributed by atoms with E-state index in [1.807, 2.05) is 6.92 Å². The summed E-state index contributed by atoms with van der Waals surface area (Å²) in [5, 5.41) is 2.61. The average Bonchev–Trinajstić information content (AvgIpc) is 2.68. The zero-order chi connectivity index (χ0) is 13.1. The molecule has 0 bridgehead atoms. The van der Waals surface area contributed by atoms with Gasteiger partial charge < -0.3 is 10.1 Å². The first-order valence-corrected chi connectivity index (χ1v) is 5.87. The fraction of sp³-hybridized carbons (Fsp3) is 0.750. The molecule has 17 heavy (non-hydrogen) atoms. The molecule has 0 radical (unpaired) electrons. The predicted octanol–water partition coefficient (Wildman–Crippen LogP) is 1.45. The van der Waals surface area contributed by atoms with Crippen LogP contribution in [0.5, 0.6) is 0 Å². The van der Waals surface area contributed by atoms with Crippen molar-refractivity contribution in [2.24, 2.45) is 5.41 Å². The number of ether oxygens (including phenoxy) is 1. The zero-order valence-electron chi connectivity index (χ0n) is 10.5. The number of alkyl carbamates (subject to hydrolysis) is 1. The van der Waals surface area contributed by atoms with Crippen LogP contribution >= 0.6 is 0 Å². The molecule has 0 heterocycles. The first-order valence-electron chi connectivity index (χ1n) is 5.87. The molecule has 1 rings (SSSR count). The lowest BCUT2D eigenvalue weighted by atomic mass is 9.73. The van der Waals surface area contributed by atoms with Crippen molar-refractivity contribution in [2.45, 2.75) is 45.6 Å². The normalized spacial score (nSPS) is 25.5. The van der Waals surface area contributed by atoms with E-state index >= 15 is 0 Å². The molecule has 0 aromatic rings. The van der Waals surface area contributed by atoms with E-state index in [-0.39, 0.29) is 11.6 Å². The lowest BCUT2D eigenvalue weighted by Crippen LogP contribution is -2.53. The molecular weight excluding hydrogens is 222 g/mol. The maximum absolute atomic E-state index is 12.0. The standard InChI is InChI=1S/C12H19NO4/c1-4-9(13-11(16)17-3)12(8(2)14)7-5-6-10(12)15/h9H,4-7H2,1-3H3,(H,13,16)/t9-,12+/m0/s1. The number of rotatable bonds is 4. The maximum Gasteiger partial charge on any atom is 0.407 e. The third-order valence-corrected chi connectivity index (χ3v) is 3.58. The van der Waals surface area contributed by atoms with Gasteiger partial charge in [0.2, 0.25) is 0 Å². The Balaban J connectivity index is 2.99. The van der Waals surface area contributed by atoms with Crippen molar-refractivity contribution in [1.29, 1.82) is 0 Å². The van der Waals surface area contributed by atoms with Crippen molar-refractivity contribution in [3.8, 4) is 0 Å². The molecule has 1 aliphatic carbocycles. The summed E-state index contributed by atoms with van der Waals surface area (Å²) in [5.74, 6) is -0.225. The van der Waals surface area contributed by atoms with E-state index in [0.717, 1.165) is 0 Å². The summed E-state index contributed by atoms with van der Waals surface area (Å²) in [5.41, 5.74) is -1.04. The van der Waals surface area contributed by atoms with Crippen LogP contribution in [0.2, 0.25) is 0 Å². The average molecular weight is 241 g/mol. The second kappa shape index (κ2) is 5.29. The molecule has 1 saturated carbocycles. The van der Waals surface area contributed by atoms with Crippen molar-refractivity contribution in [3.05, 3.63) is 0 Å². The molecule has 0 aromatic heterocycles. The van der Waals surface area contributed by atoms with E-state index in [4.69, 9.17) is 0 Å². The van der Waals surface area contributed by atoms with Gasteiger partial charge in [-0.25, -0.2) is 4.79 Å². The third-order valence-electron chi connectivity index (χ3n) is 3.58. The summed E-state index contributed by atoms with van der Waals surface area (Å²) in [6, 6.07) is -0.470. The molecule has 0 aromatic carbocycles. The highest BCUT2D eigenvalue weighted by Gasteiger charge is 2.51. The van der Waals surface area contributed by atoms with Crippen LogP contribution in [0.3, 0.4) is 0 Å². The van der Waals surface area contributed by atoms with Gasteiger partial charge in [0.1, 0.15) is 17.0 Å². The highest BCUT2D eigenvalue weighted by Crippen LogP contribution is 2.40. The summed E-state index contributed by atoms with van der Waals surface area (Å²) in [6.07, 6.45) is 1.57. The fourth-order valence-electron chi connectivity index (χ4n) is 2.65. The van der Waals surface area contributed by atoms with Crippen LogP contribution in [0, 0.1) is 5.41 Å². The Morgan fingerprint density at radius 2 is 2.18 bits per heavy atom. The maximum atomic E-state index is 12.0. The minimum atomic E-state index is -1.04. The Morgan fingerprint density at radius 1 is 1.53 bits per heavy atom. The van der Waals surface area contributed by atoms with Crippen LogP contribution < -0.4 is 5.32 Å².